The molecule has 1 aromatic carbocycles. The second kappa shape index (κ2) is 8.53. The van der Waals surface area contributed by atoms with E-state index >= 15 is 0 Å². The zero-order chi connectivity index (χ0) is 21.1. The van der Waals surface area contributed by atoms with Crippen molar-refractivity contribution in [2.24, 2.45) is 5.41 Å². The highest BCUT2D eigenvalue weighted by molar-refractivity contribution is 6.04. The largest absolute Gasteiger partial charge is 0.396 e. The van der Waals surface area contributed by atoms with E-state index in [1.165, 1.54) is 0 Å². The lowest BCUT2D eigenvalue weighted by Crippen LogP contribution is -2.55. The fourth-order valence-electron chi connectivity index (χ4n) is 4.48. The number of aliphatic hydroxyl groups excluding tert-OH is 2. The van der Waals surface area contributed by atoms with Crippen LogP contribution in [-0.4, -0.2) is 61.6 Å². The van der Waals surface area contributed by atoms with Gasteiger partial charge >= 0.3 is 0 Å². The van der Waals surface area contributed by atoms with Gasteiger partial charge in [-0.3, -0.25) is 4.79 Å². The molecule has 0 bridgehead atoms. The number of amides is 1. The highest BCUT2D eigenvalue weighted by Gasteiger charge is 2.43. The van der Waals surface area contributed by atoms with Crippen LogP contribution < -0.4 is 0 Å². The molecule has 2 N–H and O–H groups in total. The van der Waals surface area contributed by atoms with Gasteiger partial charge in [-0.05, 0) is 30.5 Å². The van der Waals surface area contributed by atoms with Gasteiger partial charge in [0.05, 0.1) is 24.6 Å². The Morgan fingerprint density at radius 2 is 2.03 bits per heavy atom. The zero-order valence-electron chi connectivity index (χ0n) is 17.2. The minimum atomic E-state index is -0.677. The van der Waals surface area contributed by atoms with Gasteiger partial charge in [-0.2, -0.15) is 5.10 Å². The van der Waals surface area contributed by atoms with Crippen molar-refractivity contribution in [2.75, 3.05) is 19.7 Å². The lowest BCUT2D eigenvalue weighted by Gasteiger charge is -2.45. The van der Waals surface area contributed by atoms with Gasteiger partial charge in [0.15, 0.2) is 11.3 Å². The Bertz CT molecular complexity index is 1020. The van der Waals surface area contributed by atoms with Crippen LogP contribution in [0, 0.1) is 5.41 Å². The average molecular weight is 409 g/mol. The molecule has 2 aromatic heterocycles. The summed E-state index contributed by atoms with van der Waals surface area (Å²) >= 11 is 0. The summed E-state index contributed by atoms with van der Waals surface area (Å²) in [6.45, 7) is 3.17. The maximum atomic E-state index is 13.5. The van der Waals surface area contributed by atoms with Crippen LogP contribution in [0.15, 0.2) is 48.7 Å². The summed E-state index contributed by atoms with van der Waals surface area (Å²) in [6, 6.07) is 13.6. The molecule has 0 saturated carbocycles. The molecule has 1 amide bonds. The van der Waals surface area contributed by atoms with Gasteiger partial charge in [0.1, 0.15) is 0 Å². The molecule has 0 unspecified atom stereocenters. The molecule has 1 aliphatic rings. The molecule has 7 nitrogen and oxygen atoms in total. The maximum absolute atomic E-state index is 13.5. The topological polar surface area (TPSA) is 91.5 Å². The van der Waals surface area contributed by atoms with Crippen molar-refractivity contribution in [3.05, 3.63) is 59.9 Å². The Morgan fingerprint density at radius 3 is 2.77 bits per heavy atom. The number of carbonyl (C=O) groups excluding carboxylic acids is 1. The predicted molar refractivity (Wildman–Crippen MR) is 114 cm³/mol. The number of piperidine rings is 1. The first-order chi connectivity index (χ1) is 14.6. The van der Waals surface area contributed by atoms with Gasteiger partial charge in [0, 0.05) is 24.7 Å². The Morgan fingerprint density at radius 1 is 1.23 bits per heavy atom. The number of fused-ring (bicyclic) bond motifs is 1. The van der Waals surface area contributed by atoms with E-state index in [1.54, 1.807) is 15.8 Å². The normalized spacial score (nSPS) is 21.8. The van der Waals surface area contributed by atoms with Crippen LogP contribution in [0.25, 0.3) is 11.0 Å². The monoisotopic (exact) mass is 408 g/mol. The van der Waals surface area contributed by atoms with E-state index in [9.17, 15) is 15.0 Å². The third-order valence-electron chi connectivity index (χ3n) is 6.12. The lowest BCUT2D eigenvalue weighted by atomic mass is 9.74. The molecule has 3 aromatic rings. The summed E-state index contributed by atoms with van der Waals surface area (Å²) in [5.41, 5.74) is 1.44. The summed E-state index contributed by atoms with van der Waals surface area (Å²) in [4.78, 5) is 19.6. The first-order valence-electron chi connectivity index (χ1n) is 10.5. The van der Waals surface area contributed by atoms with E-state index in [0.717, 1.165) is 17.4 Å². The van der Waals surface area contributed by atoms with Gasteiger partial charge < -0.3 is 15.1 Å². The Kier molecular flexibility index (Phi) is 5.83. The third-order valence-corrected chi connectivity index (χ3v) is 6.12. The minimum Gasteiger partial charge on any atom is -0.396 e. The van der Waals surface area contributed by atoms with E-state index in [2.05, 4.69) is 10.1 Å². The van der Waals surface area contributed by atoms with Crippen molar-refractivity contribution in [2.45, 2.75) is 38.8 Å². The molecule has 158 valence electrons. The molecule has 0 radical (unpaired) electrons. The van der Waals surface area contributed by atoms with Crippen LogP contribution in [0.2, 0.25) is 0 Å². The summed E-state index contributed by atoms with van der Waals surface area (Å²) in [6.07, 6.45) is 3.04. The number of carbonyl (C=O) groups is 1. The first-order valence-corrected chi connectivity index (χ1v) is 10.5. The molecular formula is C23H28N4O3. The number of nitrogens with zero attached hydrogens (tertiary/aromatic N) is 4. The molecule has 1 aliphatic heterocycles. The number of rotatable bonds is 6. The minimum absolute atomic E-state index is 0.142. The van der Waals surface area contributed by atoms with Crippen molar-refractivity contribution in [1.29, 1.82) is 0 Å². The summed E-state index contributed by atoms with van der Waals surface area (Å²) in [5, 5.41) is 25.9. The van der Waals surface area contributed by atoms with E-state index < -0.39 is 11.5 Å². The quantitative estimate of drug-likeness (QED) is 0.654. The SMILES string of the molecule is CCC[C@@]1(CO)CN(C(=O)c2nn(Cc3ccccc3)c3ncccc23)CC[C@H]1O. The lowest BCUT2D eigenvalue weighted by molar-refractivity contribution is -0.0720. The van der Waals surface area contributed by atoms with E-state index in [0.29, 0.717) is 43.8 Å². The molecule has 30 heavy (non-hydrogen) atoms. The number of benzene rings is 1. The van der Waals surface area contributed by atoms with Gasteiger partial charge in [-0.15, -0.1) is 0 Å². The van der Waals surface area contributed by atoms with Crippen molar-refractivity contribution >= 4 is 16.9 Å². The number of hydrogen-bond donors (Lipinski definition) is 2. The molecule has 1 fully saturated rings. The number of hydrogen-bond acceptors (Lipinski definition) is 5. The summed E-state index contributed by atoms with van der Waals surface area (Å²) in [5.74, 6) is -0.180. The van der Waals surface area contributed by atoms with Crippen molar-refractivity contribution in [3.63, 3.8) is 0 Å². The highest BCUT2D eigenvalue weighted by atomic mass is 16.3. The Hall–Kier alpha value is -2.77. The maximum Gasteiger partial charge on any atom is 0.275 e. The zero-order valence-corrected chi connectivity index (χ0v) is 17.2. The van der Waals surface area contributed by atoms with Gasteiger partial charge in [-0.25, -0.2) is 9.67 Å². The van der Waals surface area contributed by atoms with Gasteiger partial charge in [0.25, 0.3) is 5.91 Å². The highest BCUT2D eigenvalue weighted by Crippen LogP contribution is 2.35. The smallest absolute Gasteiger partial charge is 0.275 e. The number of pyridine rings is 1. The van der Waals surface area contributed by atoms with E-state index in [-0.39, 0.29) is 12.5 Å². The van der Waals surface area contributed by atoms with Crippen molar-refractivity contribution in [1.82, 2.24) is 19.7 Å². The molecule has 7 heteroatoms. The van der Waals surface area contributed by atoms with Gasteiger partial charge in [-0.1, -0.05) is 43.7 Å². The van der Waals surface area contributed by atoms with Crippen molar-refractivity contribution < 1.29 is 15.0 Å². The van der Waals surface area contributed by atoms with E-state index in [4.69, 9.17) is 0 Å². The standard InChI is InChI=1S/C23H28N4O3/c1-2-11-23(16-28)15-26(13-10-19(23)29)22(30)20-18-9-6-12-24-21(18)27(25-20)14-17-7-4-3-5-8-17/h3-9,12,19,28-29H,2,10-11,13-16H2,1H3/t19-,23+/m1/s1. The number of aliphatic hydroxyl groups is 2. The summed E-state index contributed by atoms with van der Waals surface area (Å²) < 4.78 is 1.77. The van der Waals surface area contributed by atoms with Crippen LogP contribution in [0.5, 0.6) is 0 Å². The average Bonchev–Trinajstić information content (AvgIpc) is 3.14. The first kappa shape index (κ1) is 20.5. The van der Waals surface area contributed by atoms with Gasteiger partial charge in [0.2, 0.25) is 0 Å². The third kappa shape index (κ3) is 3.70. The second-order valence-corrected chi connectivity index (χ2v) is 8.17. The molecule has 2 atom stereocenters. The molecule has 3 heterocycles. The molecular weight excluding hydrogens is 380 g/mol. The summed E-state index contributed by atoms with van der Waals surface area (Å²) in [7, 11) is 0. The molecule has 0 aliphatic carbocycles. The van der Waals surface area contributed by atoms with Crippen LogP contribution >= 0.6 is 0 Å². The van der Waals surface area contributed by atoms with E-state index in [1.807, 2.05) is 49.4 Å². The Labute approximate surface area is 176 Å². The molecule has 1 saturated heterocycles. The molecule has 0 spiro atoms. The predicted octanol–water partition coefficient (Wildman–Crippen LogP) is 2.47. The fourth-order valence-corrected chi connectivity index (χ4v) is 4.48. The van der Waals surface area contributed by atoms with Crippen LogP contribution in [-0.2, 0) is 6.54 Å². The molecule has 4 rings (SSSR count). The fraction of sp³-hybridized carbons (Fsp3) is 0.435. The number of likely N-dealkylation sites (tertiary alicyclic amines) is 1. The Balaban J connectivity index is 1.67. The van der Waals surface area contributed by atoms with Crippen molar-refractivity contribution in [3.8, 4) is 0 Å². The van der Waals surface area contributed by atoms with Crippen LogP contribution in [0.4, 0.5) is 0 Å². The number of aromatic nitrogens is 3. The second-order valence-electron chi connectivity index (χ2n) is 8.17. The van der Waals surface area contributed by atoms with Crippen LogP contribution in [0.3, 0.4) is 0 Å². The van der Waals surface area contributed by atoms with Crippen LogP contribution in [0.1, 0.15) is 42.2 Å².